The lowest BCUT2D eigenvalue weighted by molar-refractivity contribution is 0.536. The third kappa shape index (κ3) is 4.35. The molecule has 1 atom stereocenters. The fourth-order valence-corrected chi connectivity index (χ4v) is 3.41. The van der Waals surface area contributed by atoms with E-state index in [1.165, 1.54) is 0 Å². The zero-order valence-electron chi connectivity index (χ0n) is 12.8. The molecule has 0 aliphatic carbocycles. The Labute approximate surface area is 160 Å². The van der Waals surface area contributed by atoms with E-state index in [9.17, 15) is 0 Å². The third-order valence-corrected chi connectivity index (χ3v) is 4.81. The number of aromatic nitrogens is 2. The van der Waals surface area contributed by atoms with Gasteiger partial charge in [-0.1, -0.05) is 46.4 Å². The van der Waals surface area contributed by atoms with Gasteiger partial charge in [-0.25, -0.2) is 4.98 Å². The molecule has 0 aliphatic heterocycles. The predicted octanol–water partition coefficient (Wildman–Crippen LogP) is 5.90. The van der Waals surface area contributed by atoms with Gasteiger partial charge in [-0.15, -0.1) is 0 Å². The number of halogens is 4. The summed E-state index contributed by atoms with van der Waals surface area (Å²) in [7, 11) is 0. The van der Waals surface area contributed by atoms with Gasteiger partial charge in [-0.3, -0.25) is 0 Å². The zero-order valence-corrected chi connectivity index (χ0v) is 15.9. The average molecular weight is 403 g/mol. The summed E-state index contributed by atoms with van der Waals surface area (Å²) in [5, 5.41) is 5.74. The van der Waals surface area contributed by atoms with Crippen molar-refractivity contribution in [3.8, 4) is 0 Å². The number of fused-ring (bicyclic) bond motifs is 1. The monoisotopic (exact) mass is 401 g/mol. The van der Waals surface area contributed by atoms with Crippen LogP contribution in [0.4, 0.5) is 0 Å². The molecule has 24 heavy (non-hydrogen) atoms. The van der Waals surface area contributed by atoms with Crippen LogP contribution in [0.25, 0.3) is 11.0 Å². The van der Waals surface area contributed by atoms with E-state index in [1.807, 2.05) is 12.1 Å². The van der Waals surface area contributed by atoms with Crippen LogP contribution in [0.3, 0.4) is 0 Å². The van der Waals surface area contributed by atoms with E-state index in [0.717, 1.165) is 28.8 Å². The Bertz CT molecular complexity index is 816. The molecule has 0 saturated heterocycles. The molecule has 126 valence electrons. The largest absolute Gasteiger partial charge is 0.342 e. The first-order chi connectivity index (χ1) is 11.4. The normalized spacial score (nSPS) is 12.7. The average Bonchev–Trinajstić information content (AvgIpc) is 2.86. The van der Waals surface area contributed by atoms with Gasteiger partial charge in [0.2, 0.25) is 0 Å². The van der Waals surface area contributed by atoms with Gasteiger partial charge >= 0.3 is 0 Å². The second-order valence-corrected chi connectivity index (χ2v) is 7.42. The highest BCUT2D eigenvalue weighted by molar-refractivity contribution is 6.42. The van der Waals surface area contributed by atoms with Crippen molar-refractivity contribution in [3.05, 3.63) is 61.8 Å². The number of hydrogen-bond acceptors (Lipinski definition) is 2. The summed E-state index contributed by atoms with van der Waals surface area (Å²) in [5.41, 5.74) is 2.74. The summed E-state index contributed by atoms with van der Waals surface area (Å²) < 4.78 is 0. The molecular weight excluding hydrogens is 388 g/mol. The summed E-state index contributed by atoms with van der Waals surface area (Å²) >= 11 is 24.1. The highest BCUT2D eigenvalue weighted by Crippen LogP contribution is 2.26. The van der Waals surface area contributed by atoms with Crippen LogP contribution in [0.1, 0.15) is 18.3 Å². The predicted molar refractivity (Wildman–Crippen MR) is 103 cm³/mol. The molecule has 2 aromatic carbocycles. The maximum absolute atomic E-state index is 6.03. The Morgan fingerprint density at radius 3 is 2.38 bits per heavy atom. The number of imidazole rings is 1. The number of H-pyrrole nitrogens is 1. The molecule has 2 N–H and O–H groups in total. The topological polar surface area (TPSA) is 40.7 Å². The minimum absolute atomic E-state index is 0.217. The smallest absolute Gasteiger partial charge is 0.108 e. The molecule has 0 fully saturated rings. The van der Waals surface area contributed by atoms with Crippen LogP contribution in [0, 0.1) is 0 Å². The zero-order chi connectivity index (χ0) is 17.3. The standard InChI is InChI=1S/C17H15Cl4N3/c1-9(22-8-10-3-11(18)5-12(19)4-10)2-17-23-15-6-13(20)14(21)7-16(15)24-17/h3-7,9,22H,2,8H2,1H3,(H,23,24). The fourth-order valence-electron chi connectivity index (χ4n) is 2.52. The fraction of sp³-hybridized carbons (Fsp3) is 0.235. The Morgan fingerprint density at radius 2 is 1.67 bits per heavy atom. The second-order valence-electron chi connectivity index (χ2n) is 5.73. The highest BCUT2D eigenvalue weighted by atomic mass is 35.5. The molecule has 0 spiro atoms. The summed E-state index contributed by atoms with van der Waals surface area (Å²) in [6.07, 6.45) is 0.748. The first-order valence-corrected chi connectivity index (χ1v) is 8.94. The van der Waals surface area contributed by atoms with Gasteiger partial charge in [-0.05, 0) is 42.8 Å². The minimum Gasteiger partial charge on any atom is -0.342 e. The van der Waals surface area contributed by atoms with Crippen molar-refractivity contribution < 1.29 is 0 Å². The van der Waals surface area contributed by atoms with E-state index in [0.29, 0.717) is 26.6 Å². The summed E-state index contributed by atoms with van der Waals surface area (Å²) in [6.45, 7) is 2.78. The molecule has 0 amide bonds. The Kier molecular flexibility index (Phi) is 5.58. The van der Waals surface area contributed by atoms with Gasteiger partial charge in [0.15, 0.2) is 0 Å². The van der Waals surface area contributed by atoms with Gasteiger partial charge < -0.3 is 10.3 Å². The van der Waals surface area contributed by atoms with Crippen molar-refractivity contribution in [2.45, 2.75) is 25.9 Å². The molecule has 0 bridgehead atoms. The lowest BCUT2D eigenvalue weighted by Gasteiger charge is -2.13. The van der Waals surface area contributed by atoms with E-state index in [-0.39, 0.29) is 6.04 Å². The highest BCUT2D eigenvalue weighted by Gasteiger charge is 2.10. The Hall–Kier alpha value is -0.970. The van der Waals surface area contributed by atoms with Gasteiger partial charge in [0.1, 0.15) is 5.82 Å². The van der Waals surface area contributed by atoms with Crippen LogP contribution >= 0.6 is 46.4 Å². The number of rotatable bonds is 5. The van der Waals surface area contributed by atoms with Crippen molar-refractivity contribution in [3.63, 3.8) is 0 Å². The molecule has 0 aliphatic rings. The van der Waals surface area contributed by atoms with Gasteiger partial charge in [0.05, 0.1) is 21.1 Å². The van der Waals surface area contributed by atoms with Crippen LogP contribution in [0.5, 0.6) is 0 Å². The van der Waals surface area contributed by atoms with E-state index >= 15 is 0 Å². The maximum Gasteiger partial charge on any atom is 0.108 e. The summed E-state index contributed by atoms with van der Waals surface area (Å²) in [6, 6.07) is 9.30. The van der Waals surface area contributed by atoms with E-state index in [1.54, 1.807) is 18.2 Å². The van der Waals surface area contributed by atoms with Crippen molar-refractivity contribution in [2.24, 2.45) is 0 Å². The first-order valence-electron chi connectivity index (χ1n) is 7.42. The lowest BCUT2D eigenvalue weighted by Crippen LogP contribution is -2.28. The molecule has 1 unspecified atom stereocenters. The maximum atomic E-state index is 6.03. The molecule has 1 heterocycles. The van der Waals surface area contributed by atoms with Crippen LogP contribution in [-0.2, 0) is 13.0 Å². The van der Waals surface area contributed by atoms with Gasteiger partial charge in [0, 0.05) is 29.1 Å². The quantitative estimate of drug-likeness (QED) is 0.557. The van der Waals surface area contributed by atoms with Crippen LogP contribution in [-0.4, -0.2) is 16.0 Å². The number of hydrogen-bond donors (Lipinski definition) is 2. The summed E-state index contributed by atoms with van der Waals surface area (Å²) in [5.74, 6) is 0.882. The Balaban J connectivity index is 1.65. The Morgan fingerprint density at radius 1 is 1.00 bits per heavy atom. The van der Waals surface area contributed by atoms with Crippen molar-refractivity contribution in [1.29, 1.82) is 0 Å². The van der Waals surface area contributed by atoms with Crippen molar-refractivity contribution >= 4 is 57.4 Å². The van der Waals surface area contributed by atoms with Crippen molar-refractivity contribution in [1.82, 2.24) is 15.3 Å². The van der Waals surface area contributed by atoms with Crippen LogP contribution in [0.15, 0.2) is 30.3 Å². The molecule has 3 aromatic rings. The van der Waals surface area contributed by atoms with Crippen LogP contribution in [0.2, 0.25) is 20.1 Å². The molecule has 3 rings (SSSR count). The van der Waals surface area contributed by atoms with E-state index in [4.69, 9.17) is 46.4 Å². The number of benzene rings is 2. The minimum atomic E-state index is 0.217. The molecule has 7 heteroatoms. The van der Waals surface area contributed by atoms with Crippen molar-refractivity contribution in [2.75, 3.05) is 0 Å². The second kappa shape index (κ2) is 7.51. The molecule has 0 radical (unpaired) electrons. The number of nitrogens with zero attached hydrogens (tertiary/aromatic N) is 1. The first kappa shape index (κ1) is 17.8. The molecule has 1 aromatic heterocycles. The molecular formula is C17H15Cl4N3. The van der Waals surface area contributed by atoms with Gasteiger partial charge in [-0.2, -0.15) is 0 Å². The third-order valence-electron chi connectivity index (χ3n) is 3.65. The molecule has 3 nitrogen and oxygen atoms in total. The van der Waals surface area contributed by atoms with E-state index in [2.05, 4.69) is 22.2 Å². The van der Waals surface area contributed by atoms with Gasteiger partial charge in [0.25, 0.3) is 0 Å². The molecule has 0 saturated carbocycles. The number of aromatic amines is 1. The van der Waals surface area contributed by atoms with Crippen LogP contribution < -0.4 is 5.32 Å². The number of nitrogens with one attached hydrogen (secondary N) is 2. The lowest BCUT2D eigenvalue weighted by atomic mass is 10.2. The SMILES string of the molecule is CC(Cc1nc2cc(Cl)c(Cl)cc2[nH]1)NCc1cc(Cl)cc(Cl)c1. The van der Waals surface area contributed by atoms with E-state index < -0.39 is 0 Å². The summed E-state index contributed by atoms with van der Waals surface area (Å²) in [4.78, 5) is 7.83.